The Balaban J connectivity index is 2.01. The summed E-state index contributed by atoms with van der Waals surface area (Å²) in [5.41, 5.74) is 2.10. The number of aliphatic hydroxyl groups excluding tert-OH is 1. The minimum Gasteiger partial charge on any atom is -0.388 e. The second-order valence-electron chi connectivity index (χ2n) is 5.11. The van der Waals surface area contributed by atoms with Crippen molar-refractivity contribution in [2.24, 2.45) is 5.92 Å². The first-order chi connectivity index (χ1) is 8.77. The second kappa shape index (κ2) is 5.17. The Morgan fingerprint density at radius 2 is 2.11 bits per heavy atom. The first kappa shape index (κ1) is 12.4. The van der Waals surface area contributed by atoms with E-state index in [1.807, 2.05) is 16.8 Å². The smallest absolute Gasteiger partial charge is 0.0992 e. The lowest BCUT2D eigenvalue weighted by Gasteiger charge is -2.27. The Labute approximate surface area is 120 Å². The molecule has 0 radical (unpaired) electrons. The van der Waals surface area contributed by atoms with E-state index < -0.39 is 0 Å². The molecule has 2 heterocycles. The van der Waals surface area contributed by atoms with Crippen LogP contribution in [0.2, 0.25) is 0 Å². The third-order valence-corrected chi connectivity index (χ3v) is 4.91. The molecule has 1 fully saturated rings. The van der Waals surface area contributed by atoms with Crippen LogP contribution >= 0.6 is 22.6 Å². The first-order valence-electron chi connectivity index (χ1n) is 6.55. The number of fused-ring (bicyclic) bond motifs is 1. The van der Waals surface area contributed by atoms with Crippen LogP contribution in [0.25, 0.3) is 5.52 Å². The fourth-order valence-electron chi connectivity index (χ4n) is 2.97. The van der Waals surface area contributed by atoms with E-state index in [1.165, 1.54) is 19.3 Å². The Morgan fingerprint density at radius 1 is 1.33 bits per heavy atom. The molecular weight excluding hydrogens is 339 g/mol. The molecule has 4 heteroatoms. The number of rotatable bonds is 2. The van der Waals surface area contributed by atoms with E-state index in [0.717, 1.165) is 27.5 Å². The van der Waals surface area contributed by atoms with E-state index in [2.05, 4.69) is 33.6 Å². The van der Waals surface area contributed by atoms with E-state index in [4.69, 9.17) is 0 Å². The average molecular weight is 356 g/mol. The molecule has 2 aromatic rings. The molecule has 0 bridgehead atoms. The molecule has 0 spiro atoms. The van der Waals surface area contributed by atoms with Crippen molar-refractivity contribution in [3.63, 3.8) is 0 Å². The molecule has 96 valence electrons. The third kappa shape index (κ3) is 2.16. The Bertz CT molecular complexity index is 546. The van der Waals surface area contributed by atoms with Crippen molar-refractivity contribution in [1.82, 2.24) is 9.38 Å². The first-order valence-corrected chi connectivity index (χ1v) is 7.63. The molecule has 3 nitrogen and oxygen atoms in total. The van der Waals surface area contributed by atoms with Crippen molar-refractivity contribution in [2.75, 3.05) is 0 Å². The quantitative estimate of drug-likeness (QED) is 0.836. The van der Waals surface area contributed by atoms with Crippen molar-refractivity contribution >= 4 is 28.1 Å². The molecule has 0 aromatic carbocycles. The van der Waals surface area contributed by atoms with Gasteiger partial charge in [0.15, 0.2) is 0 Å². The molecule has 3 rings (SSSR count). The van der Waals surface area contributed by atoms with Crippen LogP contribution in [0.15, 0.2) is 24.8 Å². The van der Waals surface area contributed by atoms with Crippen LogP contribution in [-0.2, 0) is 0 Å². The van der Waals surface area contributed by atoms with Crippen molar-refractivity contribution in [2.45, 2.75) is 38.2 Å². The largest absolute Gasteiger partial charge is 0.388 e. The molecule has 1 N–H and O–H groups in total. The minimum absolute atomic E-state index is 0.349. The maximum absolute atomic E-state index is 10.7. The van der Waals surface area contributed by atoms with Crippen LogP contribution in [0.1, 0.15) is 43.8 Å². The molecule has 0 amide bonds. The predicted octanol–water partition coefficient (Wildman–Crippen LogP) is 3.55. The Morgan fingerprint density at radius 3 is 2.89 bits per heavy atom. The van der Waals surface area contributed by atoms with Crippen molar-refractivity contribution in [3.8, 4) is 0 Å². The Hall–Kier alpha value is -0.620. The van der Waals surface area contributed by atoms with Gasteiger partial charge in [-0.15, -0.1) is 0 Å². The molecule has 18 heavy (non-hydrogen) atoms. The second-order valence-corrected chi connectivity index (χ2v) is 6.27. The highest BCUT2D eigenvalue weighted by Gasteiger charge is 2.26. The van der Waals surface area contributed by atoms with Crippen molar-refractivity contribution in [1.29, 1.82) is 0 Å². The normalized spacial score (nSPS) is 19.2. The monoisotopic (exact) mass is 356 g/mol. The van der Waals surface area contributed by atoms with Gasteiger partial charge in [0.1, 0.15) is 0 Å². The predicted molar refractivity (Wildman–Crippen MR) is 79.4 cm³/mol. The van der Waals surface area contributed by atoms with Gasteiger partial charge in [-0.25, -0.2) is 4.98 Å². The zero-order chi connectivity index (χ0) is 12.5. The Kier molecular flexibility index (Phi) is 3.56. The summed E-state index contributed by atoms with van der Waals surface area (Å²) in [4.78, 5) is 4.18. The van der Waals surface area contributed by atoms with E-state index in [0.29, 0.717) is 5.92 Å². The summed E-state index contributed by atoms with van der Waals surface area (Å²) in [7, 11) is 0. The van der Waals surface area contributed by atoms with E-state index in [1.54, 1.807) is 6.33 Å². The van der Waals surface area contributed by atoms with Gasteiger partial charge in [-0.05, 0) is 47.4 Å². The summed E-state index contributed by atoms with van der Waals surface area (Å²) in [6.45, 7) is 0. The molecule has 0 saturated heterocycles. The number of hydrogen-bond donors (Lipinski definition) is 1. The summed E-state index contributed by atoms with van der Waals surface area (Å²) < 4.78 is 3.13. The number of aliphatic hydroxyl groups is 1. The van der Waals surface area contributed by atoms with Gasteiger partial charge < -0.3 is 9.51 Å². The van der Waals surface area contributed by atoms with Crippen LogP contribution in [0.3, 0.4) is 0 Å². The summed E-state index contributed by atoms with van der Waals surface area (Å²) in [5.74, 6) is 0.411. The summed E-state index contributed by atoms with van der Waals surface area (Å²) in [6, 6.07) is 2.05. The lowest BCUT2D eigenvalue weighted by atomic mass is 9.83. The van der Waals surface area contributed by atoms with E-state index >= 15 is 0 Å². The zero-order valence-electron chi connectivity index (χ0n) is 10.2. The number of hydrogen-bond acceptors (Lipinski definition) is 2. The number of imidazole rings is 1. The molecule has 2 aromatic heterocycles. The highest BCUT2D eigenvalue weighted by atomic mass is 127. The maximum Gasteiger partial charge on any atom is 0.0992 e. The highest BCUT2D eigenvalue weighted by molar-refractivity contribution is 14.1. The number of aromatic nitrogens is 2. The fraction of sp³-hybridized carbons (Fsp3) is 0.500. The third-order valence-electron chi connectivity index (χ3n) is 3.97. The van der Waals surface area contributed by atoms with Crippen LogP contribution in [-0.4, -0.2) is 14.5 Å². The lowest BCUT2D eigenvalue weighted by molar-refractivity contribution is 0.0851. The molecule has 0 unspecified atom stereocenters. The number of pyridine rings is 1. The van der Waals surface area contributed by atoms with Gasteiger partial charge in [-0.1, -0.05) is 19.3 Å². The van der Waals surface area contributed by atoms with Gasteiger partial charge in [0.25, 0.3) is 0 Å². The molecule has 1 atom stereocenters. The van der Waals surface area contributed by atoms with Crippen molar-refractivity contribution in [3.05, 3.63) is 33.9 Å². The van der Waals surface area contributed by atoms with Gasteiger partial charge in [-0.2, -0.15) is 0 Å². The van der Waals surface area contributed by atoms with Crippen LogP contribution in [0.4, 0.5) is 0 Å². The van der Waals surface area contributed by atoms with Crippen molar-refractivity contribution < 1.29 is 5.11 Å². The summed E-state index contributed by atoms with van der Waals surface area (Å²) in [5, 5.41) is 10.7. The minimum atomic E-state index is -0.349. The highest BCUT2D eigenvalue weighted by Crippen LogP contribution is 2.37. The van der Waals surface area contributed by atoms with E-state index in [-0.39, 0.29) is 6.10 Å². The topological polar surface area (TPSA) is 37.5 Å². The maximum atomic E-state index is 10.7. The van der Waals surface area contributed by atoms with Crippen LogP contribution in [0, 0.1) is 9.49 Å². The molecule has 0 aliphatic heterocycles. The van der Waals surface area contributed by atoms with Gasteiger partial charge >= 0.3 is 0 Å². The summed E-state index contributed by atoms with van der Waals surface area (Å²) in [6.07, 6.45) is 11.4. The van der Waals surface area contributed by atoms with Gasteiger partial charge in [0.05, 0.1) is 24.1 Å². The van der Waals surface area contributed by atoms with Crippen LogP contribution in [0.5, 0.6) is 0 Å². The molecule has 1 saturated carbocycles. The number of nitrogens with zero attached hydrogens (tertiary/aromatic N) is 2. The van der Waals surface area contributed by atoms with E-state index in [9.17, 15) is 5.11 Å². The molecular formula is C14H17IN2O. The van der Waals surface area contributed by atoms with Gasteiger partial charge in [0.2, 0.25) is 0 Å². The SMILES string of the molecule is O[C@H](c1c(I)ccn2cncc12)C1CCCCC1. The standard InChI is InChI=1S/C14H17IN2O/c15-11-6-7-17-9-16-8-12(17)13(11)14(18)10-4-2-1-3-5-10/h6-10,14,18H,1-5H2/t14-/m0/s1. The average Bonchev–Trinajstić information content (AvgIpc) is 2.87. The zero-order valence-corrected chi connectivity index (χ0v) is 12.4. The summed E-state index contributed by atoms with van der Waals surface area (Å²) >= 11 is 2.32. The molecule has 1 aliphatic rings. The van der Waals surface area contributed by atoms with Gasteiger partial charge in [0, 0.05) is 15.3 Å². The fourth-order valence-corrected chi connectivity index (χ4v) is 3.72. The number of halogens is 1. The van der Waals surface area contributed by atoms with Gasteiger partial charge in [-0.3, -0.25) is 0 Å². The lowest BCUT2D eigenvalue weighted by Crippen LogP contribution is -2.17. The van der Waals surface area contributed by atoms with Crippen LogP contribution < -0.4 is 0 Å². The molecule has 1 aliphatic carbocycles.